The second kappa shape index (κ2) is 7.63. The van der Waals surface area contributed by atoms with Crippen molar-refractivity contribution in [2.75, 3.05) is 37.7 Å². The number of amides is 1. The monoisotopic (exact) mass is 331 g/mol. The number of benzene rings is 1. The van der Waals surface area contributed by atoms with Crippen LogP contribution in [0.25, 0.3) is 0 Å². The van der Waals surface area contributed by atoms with Crippen molar-refractivity contribution >= 4 is 11.6 Å². The minimum absolute atomic E-state index is 0.0151. The summed E-state index contributed by atoms with van der Waals surface area (Å²) in [6, 6.07) is 6.59. The zero-order valence-corrected chi connectivity index (χ0v) is 13.7. The summed E-state index contributed by atoms with van der Waals surface area (Å²) in [5.74, 6) is -0.486. The van der Waals surface area contributed by atoms with Gasteiger partial charge in [-0.05, 0) is 25.0 Å². The first-order valence-corrected chi connectivity index (χ1v) is 8.52. The van der Waals surface area contributed by atoms with E-state index in [0.717, 1.165) is 12.8 Å². The van der Waals surface area contributed by atoms with E-state index < -0.39 is 5.82 Å². The minimum atomic E-state index is -0.501. The summed E-state index contributed by atoms with van der Waals surface area (Å²) in [6.45, 7) is 2.46. The largest absolute Gasteiger partial charge is 0.368 e. The van der Waals surface area contributed by atoms with Gasteiger partial charge in [0.05, 0.1) is 11.8 Å². The predicted molar refractivity (Wildman–Crippen MR) is 88.1 cm³/mol. The van der Waals surface area contributed by atoms with E-state index in [0.29, 0.717) is 31.9 Å². The Morgan fingerprint density at radius 3 is 2.62 bits per heavy atom. The van der Waals surface area contributed by atoms with Gasteiger partial charge in [-0.3, -0.25) is 4.79 Å². The molecule has 1 saturated heterocycles. The molecule has 0 radical (unpaired) electrons. The highest BCUT2D eigenvalue weighted by Crippen LogP contribution is 2.24. The van der Waals surface area contributed by atoms with E-state index in [1.165, 1.54) is 18.9 Å². The van der Waals surface area contributed by atoms with Gasteiger partial charge >= 0.3 is 0 Å². The molecule has 1 heterocycles. The lowest BCUT2D eigenvalue weighted by molar-refractivity contribution is -0.138. The summed E-state index contributed by atoms with van der Waals surface area (Å²) >= 11 is 0. The molecule has 0 N–H and O–H groups in total. The fourth-order valence-electron chi connectivity index (χ4n) is 3.42. The lowest BCUT2D eigenvalue weighted by Crippen LogP contribution is -2.50. The quantitative estimate of drug-likeness (QED) is 0.849. The van der Waals surface area contributed by atoms with Gasteiger partial charge in [0.25, 0.3) is 0 Å². The number of nitriles is 1. The number of piperazine rings is 1. The van der Waals surface area contributed by atoms with Crippen LogP contribution in [0.1, 0.15) is 31.2 Å². The molecule has 5 nitrogen and oxygen atoms in total. The number of hydrogen-bond donors (Lipinski definition) is 0. The Kier molecular flexibility index (Phi) is 5.31. The van der Waals surface area contributed by atoms with Crippen molar-refractivity contribution in [3.63, 3.8) is 0 Å². The second-order valence-electron chi connectivity index (χ2n) is 6.33. The van der Waals surface area contributed by atoms with Crippen molar-refractivity contribution < 1.29 is 13.9 Å². The summed E-state index contributed by atoms with van der Waals surface area (Å²) in [4.78, 5) is 16.0. The third-order valence-corrected chi connectivity index (χ3v) is 4.82. The molecule has 128 valence electrons. The number of anilines is 1. The lowest BCUT2D eigenvalue weighted by Gasteiger charge is -2.36. The van der Waals surface area contributed by atoms with Crippen LogP contribution in [0.4, 0.5) is 10.1 Å². The molecule has 1 saturated carbocycles. The van der Waals surface area contributed by atoms with Crippen LogP contribution in [0.3, 0.4) is 0 Å². The molecule has 1 aliphatic carbocycles. The molecule has 0 bridgehead atoms. The number of ether oxygens (including phenoxy) is 1. The Balaban J connectivity index is 1.53. The number of rotatable bonds is 4. The van der Waals surface area contributed by atoms with E-state index in [9.17, 15) is 9.18 Å². The Morgan fingerprint density at radius 2 is 1.96 bits per heavy atom. The van der Waals surface area contributed by atoms with Crippen molar-refractivity contribution in [3.8, 4) is 6.07 Å². The Labute approximate surface area is 141 Å². The van der Waals surface area contributed by atoms with E-state index in [4.69, 9.17) is 10.00 Å². The topological polar surface area (TPSA) is 56.6 Å². The van der Waals surface area contributed by atoms with E-state index in [1.54, 1.807) is 17.0 Å². The smallest absolute Gasteiger partial charge is 0.248 e. The Morgan fingerprint density at radius 1 is 1.25 bits per heavy atom. The number of carbonyl (C=O) groups excluding carboxylic acids is 1. The maximum Gasteiger partial charge on any atom is 0.248 e. The van der Waals surface area contributed by atoms with Crippen LogP contribution in [0, 0.1) is 17.1 Å². The van der Waals surface area contributed by atoms with Crippen LogP contribution in [0.5, 0.6) is 0 Å². The predicted octanol–water partition coefficient (Wildman–Crippen LogP) is 2.31. The van der Waals surface area contributed by atoms with Gasteiger partial charge in [0.1, 0.15) is 24.1 Å². The maximum absolute atomic E-state index is 13.7. The average Bonchev–Trinajstić information content (AvgIpc) is 3.13. The second-order valence-corrected chi connectivity index (χ2v) is 6.33. The van der Waals surface area contributed by atoms with Gasteiger partial charge in [-0.1, -0.05) is 18.9 Å². The summed E-state index contributed by atoms with van der Waals surface area (Å²) in [6.07, 6.45) is 4.72. The molecule has 0 atom stereocenters. The third kappa shape index (κ3) is 3.68. The summed E-state index contributed by atoms with van der Waals surface area (Å²) in [7, 11) is 0. The van der Waals surface area contributed by atoms with Crippen molar-refractivity contribution in [3.05, 3.63) is 29.6 Å². The first-order valence-electron chi connectivity index (χ1n) is 8.52. The molecule has 2 fully saturated rings. The zero-order chi connectivity index (χ0) is 16.9. The molecular weight excluding hydrogens is 309 g/mol. The van der Waals surface area contributed by atoms with Crippen molar-refractivity contribution in [1.82, 2.24) is 4.90 Å². The van der Waals surface area contributed by atoms with Gasteiger partial charge in [0.15, 0.2) is 0 Å². The van der Waals surface area contributed by atoms with Crippen molar-refractivity contribution in [1.29, 1.82) is 5.26 Å². The number of carbonyl (C=O) groups is 1. The molecular formula is C18H22FN3O2. The van der Waals surface area contributed by atoms with Gasteiger partial charge in [0.2, 0.25) is 5.91 Å². The maximum atomic E-state index is 13.7. The molecule has 0 unspecified atom stereocenters. The number of nitrogens with zero attached hydrogens (tertiary/aromatic N) is 3. The highest BCUT2D eigenvalue weighted by atomic mass is 19.1. The molecule has 3 rings (SSSR count). The van der Waals surface area contributed by atoms with Crippen LogP contribution >= 0.6 is 0 Å². The molecule has 0 spiro atoms. The first kappa shape index (κ1) is 16.7. The van der Waals surface area contributed by atoms with Crippen molar-refractivity contribution in [2.45, 2.75) is 31.8 Å². The molecule has 1 aliphatic heterocycles. The molecule has 1 aromatic rings. The average molecular weight is 331 g/mol. The molecule has 1 amide bonds. The summed E-state index contributed by atoms with van der Waals surface area (Å²) in [5.41, 5.74) is 0.675. The van der Waals surface area contributed by atoms with Crippen LogP contribution in [-0.4, -0.2) is 49.7 Å². The standard InChI is InChI=1S/C18H22FN3O2/c19-16-6-3-7-17(15(16)12-20)21-8-10-22(11-9-21)18(23)13-24-14-4-1-2-5-14/h3,6-7,14H,1-2,4-5,8-11,13H2. The van der Waals surface area contributed by atoms with Gasteiger partial charge < -0.3 is 14.5 Å². The fourth-order valence-corrected chi connectivity index (χ4v) is 3.42. The van der Waals surface area contributed by atoms with Crippen molar-refractivity contribution in [2.24, 2.45) is 0 Å². The zero-order valence-electron chi connectivity index (χ0n) is 13.7. The molecule has 2 aliphatic rings. The fraction of sp³-hybridized carbons (Fsp3) is 0.556. The van der Waals surface area contributed by atoms with Gasteiger partial charge in [-0.25, -0.2) is 4.39 Å². The molecule has 1 aromatic carbocycles. The summed E-state index contributed by atoms with van der Waals surface area (Å²) in [5, 5.41) is 9.15. The first-order chi connectivity index (χ1) is 11.7. The number of hydrogen-bond acceptors (Lipinski definition) is 4. The van der Waals surface area contributed by atoms with Crippen LogP contribution in [0.15, 0.2) is 18.2 Å². The lowest BCUT2D eigenvalue weighted by atomic mass is 10.1. The van der Waals surface area contributed by atoms with Gasteiger partial charge in [0, 0.05) is 26.2 Å². The third-order valence-electron chi connectivity index (χ3n) is 4.82. The minimum Gasteiger partial charge on any atom is -0.368 e. The molecule has 6 heteroatoms. The normalized spacial score (nSPS) is 18.7. The van der Waals surface area contributed by atoms with Gasteiger partial charge in [-0.15, -0.1) is 0 Å². The van der Waals surface area contributed by atoms with E-state index in [2.05, 4.69) is 0 Å². The van der Waals surface area contributed by atoms with E-state index in [1.807, 2.05) is 11.0 Å². The van der Waals surface area contributed by atoms with Crippen LogP contribution < -0.4 is 4.90 Å². The molecule has 0 aromatic heterocycles. The summed E-state index contributed by atoms with van der Waals surface area (Å²) < 4.78 is 19.4. The van der Waals surface area contributed by atoms with Crippen LogP contribution in [0.2, 0.25) is 0 Å². The molecule has 24 heavy (non-hydrogen) atoms. The van der Waals surface area contributed by atoms with Gasteiger partial charge in [-0.2, -0.15) is 5.26 Å². The highest BCUT2D eigenvalue weighted by Gasteiger charge is 2.24. The number of halogens is 1. The van der Waals surface area contributed by atoms with Crippen LogP contribution in [-0.2, 0) is 9.53 Å². The van der Waals surface area contributed by atoms with E-state index in [-0.39, 0.29) is 24.2 Å². The Bertz CT molecular complexity index is 630. The SMILES string of the molecule is N#Cc1c(F)cccc1N1CCN(C(=O)COC2CCCC2)CC1. The van der Waals surface area contributed by atoms with E-state index >= 15 is 0 Å². The Hall–Kier alpha value is -2.13. The highest BCUT2D eigenvalue weighted by molar-refractivity contribution is 5.78.